The fourth-order valence-corrected chi connectivity index (χ4v) is 4.11. The normalized spacial score (nSPS) is 11.4. The van der Waals surface area contributed by atoms with E-state index in [-0.39, 0.29) is 23.0 Å². The second-order valence-corrected chi connectivity index (χ2v) is 8.83. The van der Waals surface area contributed by atoms with E-state index in [0.717, 1.165) is 0 Å². The third-order valence-corrected chi connectivity index (χ3v) is 6.18. The van der Waals surface area contributed by atoms with Crippen LogP contribution in [0.3, 0.4) is 0 Å². The van der Waals surface area contributed by atoms with Gasteiger partial charge < -0.3 is 18.5 Å². The van der Waals surface area contributed by atoms with Crippen molar-refractivity contribution in [2.45, 2.75) is 36.9 Å². The first kappa shape index (κ1) is 20.7. The summed E-state index contributed by atoms with van der Waals surface area (Å²) in [7, 11) is -3.67. The summed E-state index contributed by atoms with van der Waals surface area (Å²) in [4.78, 5) is 0.341. The summed E-state index contributed by atoms with van der Waals surface area (Å²) in [5.41, 5.74) is 1.32. The van der Waals surface area contributed by atoms with Crippen molar-refractivity contribution in [3.63, 3.8) is 0 Å². The summed E-state index contributed by atoms with van der Waals surface area (Å²) in [5.74, 6) is 2.47. The van der Waals surface area contributed by atoms with Crippen LogP contribution in [0.1, 0.15) is 22.9 Å². The van der Waals surface area contributed by atoms with Gasteiger partial charge in [0.15, 0.2) is 0 Å². The van der Waals surface area contributed by atoms with Crippen molar-refractivity contribution in [3.8, 4) is 11.5 Å². The molecule has 0 unspecified atom stereocenters. The molecule has 0 aliphatic heterocycles. The largest absolute Gasteiger partial charge is 0.487 e. The van der Waals surface area contributed by atoms with Gasteiger partial charge in [-0.05, 0) is 62.4 Å². The average Bonchev–Trinajstić information content (AvgIpc) is 3.39. The van der Waals surface area contributed by atoms with Gasteiger partial charge in [0, 0.05) is 12.1 Å². The highest BCUT2D eigenvalue weighted by atomic mass is 32.2. The predicted molar refractivity (Wildman–Crippen MR) is 109 cm³/mol. The van der Waals surface area contributed by atoms with Gasteiger partial charge in [-0.3, -0.25) is 0 Å². The molecule has 160 valence electrons. The Morgan fingerprint density at radius 1 is 0.710 bits per heavy atom. The molecule has 31 heavy (non-hydrogen) atoms. The third kappa shape index (κ3) is 4.95. The minimum absolute atomic E-state index is 0.170. The van der Waals surface area contributed by atoms with Crippen molar-refractivity contribution in [1.29, 1.82) is 0 Å². The minimum atomic E-state index is -3.67. The van der Waals surface area contributed by atoms with E-state index in [1.807, 2.05) is 0 Å². The molecule has 2 aromatic heterocycles. The van der Waals surface area contributed by atoms with Crippen molar-refractivity contribution in [3.05, 3.63) is 83.6 Å². The Balaban J connectivity index is 1.40. The number of aryl methyl sites for hydroxylation is 2. The molecule has 2 aromatic carbocycles. The first-order valence-electron chi connectivity index (χ1n) is 9.45. The molecule has 4 aromatic rings. The van der Waals surface area contributed by atoms with Crippen LogP contribution in [0.25, 0.3) is 0 Å². The minimum Gasteiger partial charge on any atom is -0.487 e. The molecular formula is C22H20N2O6S. The van der Waals surface area contributed by atoms with Crippen molar-refractivity contribution < 1.29 is 26.9 Å². The summed E-state index contributed by atoms with van der Waals surface area (Å²) in [6, 6.07) is 16.0. The number of sulfone groups is 1. The summed E-state index contributed by atoms with van der Waals surface area (Å²) in [5, 5.41) is 7.70. The Morgan fingerprint density at radius 2 is 1.10 bits per heavy atom. The SMILES string of the molecule is Cc1cc(COc2ccc(S(=O)(=O)c3ccc(OCc4cc(C)on4)cc3)cc2)no1. The molecule has 0 fully saturated rings. The van der Waals surface area contributed by atoms with Gasteiger partial charge in [0.25, 0.3) is 0 Å². The lowest BCUT2D eigenvalue weighted by molar-refractivity contribution is 0.287. The Labute approximate surface area is 179 Å². The van der Waals surface area contributed by atoms with Crippen molar-refractivity contribution in [2.24, 2.45) is 0 Å². The van der Waals surface area contributed by atoms with Gasteiger partial charge >= 0.3 is 0 Å². The lowest BCUT2D eigenvalue weighted by atomic mass is 10.3. The first-order chi connectivity index (χ1) is 14.9. The lowest BCUT2D eigenvalue weighted by Crippen LogP contribution is -2.03. The van der Waals surface area contributed by atoms with Gasteiger partial charge in [-0.15, -0.1) is 0 Å². The van der Waals surface area contributed by atoms with E-state index in [4.69, 9.17) is 18.5 Å². The van der Waals surface area contributed by atoms with Crippen LogP contribution in [0.5, 0.6) is 11.5 Å². The topological polar surface area (TPSA) is 105 Å². The molecule has 4 rings (SSSR count). The smallest absolute Gasteiger partial charge is 0.206 e. The highest BCUT2D eigenvalue weighted by Crippen LogP contribution is 2.25. The molecular weight excluding hydrogens is 420 g/mol. The molecule has 0 aliphatic carbocycles. The molecule has 0 saturated carbocycles. The summed E-state index contributed by atoms with van der Waals surface area (Å²) < 4.78 is 47.0. The fraction of sp³-hybridized carbons (Fsp3) is 0.182. The van der Waals surface area contributed by atoms with Crippen LogP contribution in [-0.2, 0) is 23.1 Å². The Bertz CT molecular complexity index is 1160. The number of ether oxygens (including phenoxy) is 2. The summed E-state index contributed by atoms with van der Waals surface area (Å²) in [6.07, 6.45) is 0. The molecule has 0 N–H and O–H groups in total. The maximum absolute atomic E-state index is 12.9. The van der Waals surface area contributed by atoms with Crippen molar-refractivity contribution in [2.75, 3.05) is 0 Å². The first-order valence-corrected chi connectivity index (χ1v) is 10.9. The number of benzene rings is 2. The number of rotatable bonds is 8. The summed E-state index contributed by atoms with van der Waals surface area (Å²) in [6.45, 7) is 4.07. The van der Waals surface area contributed by atoms with E-state index in [0.29, 0.717) is 34.4 Å². The molecule has 8 nitrogen and oxygen atoms in total. The molecule has 2 heterocycles. The standard InChI is InChI=1S/C22H20N2O6S/c1-15-11-17(23-29-15)13-27-19-3-7-21(8-4-19)31(25,26)22-9-5-20(6-10-22)28-14-18-12-16(2)30-24-18/h3-12H,13-14H2,1-2H3. The number of nitrogens with zero attached hydrogens (tertiary/aromatic N) is 2. The Morgan fingerprint density at radius 3 is 1.42 bits per heavy atom. The lowest BCUT2D eigenvalue weighted by Gasteiger charge is -2.08. The molecule has 0 atom stereocenters. The highest BCUT2D eigenvalue weighted by Gasteiger charge is 2.18. The summed E-state index contributed by atoms with van der Waals surface area (Å²) >= 11 is 0. The zero-order chi connectivity index (χ0) is 21.8. The van der Waals surface area contributed by atoms with Crippen LogP contribution < -0.4 is 9.47 Å². The van der Waals surface area contributed by atoms with Gasteiger partial charge in [0.05, 0.1) is 9.79 Å². The number of hydrogen-bond donors (Lipinski definition) is 0. The quantitative estimate of drug-likeness (QED) is 0.400. The van der Waals surface area contributed by atoms with Gasteiger partial charge in [0.2, 0.25) is 9.84 Å². The second kappa shape index (κ2) is 8.65. The monoisotopic (exact) mass is 440 g/mol. The van der Waals surface area contributed by atoms with Crippen molar-refractivity contribution >= 4 is 9.84 Å². The van der Waals surface area contributed by atoms with E-state index in [1.165, 1.54) is 24.3 Å². The van der Waals surface area contributed by atoms with Gasteiger partial charge in [-0.2, -0.15) is 0 Å². The predicted octanol–water partition coefficient (Wildman–Crippen LogP) is 4.27. The Hall–Kier alpha value is -3.59. The molecule has 0 aliphatic rings. The van der Waals surface area contributed by atoms with Gasteiger partial charge in [-0.1, -0.05) is 10.3 Å². The van der Waals surface area contributed by atoms with E-state index >= 15 is 0 Å². The zero-order valence-electron chi connectivity index (χ0n) is 16.9. The zero-order valence-corrected chi connectivity index (χ0v) is 17.8. The number of hydrogen-bond acceptors (Lipinski definition) is 8. The van der Waals surface area contributed by atoms with Crippen LogP contribution in [-0.4, -0.2) is 18.7 Å². The fourth-order valence-electron chi connectivity index (χ4n) is 2.85. The van der Waals surface area contributed by atoms with E-state index in [1.54, 1.807) is 50.2 Å². The average molecular weight is 440 g/mol. The molecule has 0 spiro atoms. The van der Waals surface area contributed by atoms with E-state index in [9.17, 15) is 8.42 Å². The van der Waals surface area contributed by atoms with Crippen LogP contribution in [0.4, 0.5) is 0 Å². The van der Waals surface area contributed by atoms with Crippen LogP contribution >= 0.6 is 0 Å². The molecule has 9 heteroatoms. The Kier molecular flexibility index (Phi) is 5.77. The third-order valence-electron chi connectivity index (χ3n) is 4.40. The number of aromatic nitrogens is 2. The van der Waals surface area contributed by atoms with Gasteiger partial charge in [-0.25, -0.2) is 8.42 Å². The molecule has 0 bridgehead atoms. The van der Waals surface area contributed by atoms with Crippen LogP contribution in [0.15, 0.2) is 79.5 Å². The molecule has 0 radical (unpaired) electrons. The van der Waals surface area contributed by atoms with Gasteiger partial charge in [0.1, 0.15) is 47.6 Å². The molecule has 0 amide bonds. The van der Waals surface area contributed by atoms with Crippen LogP contribution in [0, 0.1) is 13.8 Å². The maximum atomic E-state index is 12.9. The molecule has 0 saturated heterocycles. The second-order valence-electron chi connectivity index (χ2n) is 6.88. The van der Waals surface area contributed by atoms with E-state index in [2.05, 4.69) is 10.3 Å². The van der Waals surface area contributed by atoms with Crippen LogP contribution in [0.2, 0.25) is 0 Å². The van der Waals surface area contributed by atoms with E-state index < -0.39 is 9.84 Å². The highest BCUT2D eigenvalue weighted by molar-refractivity contribution is 7.91. The van der Waals surface area contributed by atoms with Crippen molar-refractivity contribution in [1.82, 2.24) is 10.3 Å². The maximum Gasteiger partial charge on any atom is 0.206 e.